The molecule has 1 unspecified atom stereocenters. The molecule has 1 aliphatic rings. The zero-order chi connectivity index (χ0) is 15.4. The molecule has 3 N–H and O–H groups in total. The number of rotatable bonds is 4. The van der Waals surface area contributed by atoms with Crippen molar-refractivity contribution in [1.82, 2.24) is 10.2 Å². The van der Waals surface area contributed by atoms with E-state index in [9.17, 15) is 9.59 Å². The van der Waals surface area contributed by atoms with E-state index < -0.39 is 12.0 Å². The molecule has 0 radical (unpaired) electrons. The van der Waals surface area contributed by atoms with Crippen LogP contribution in [0.15, 0.2) is 22.7 Å². The zero-order valence-corrected chi connectivity index (χ0v) is 13.3. The number of hydrogen-bond acceptors (Lipinski definition) is 4. The van der Waals surface area contributed by atoms with Crippen LogP contribution in [0.4, 0.5) is 5.69 Å². The molecular formula is C14H18BrN3O3. The number of anilines is 1. The fourth-order valence-corrected chi connectivity index (χ4v) is 2.80. The van der Waals surface area contributed by atoms with Gasteiger partial charge < -0.3 is 15.7 Å². The molecule has 0 spiro atoms. The number of carboxylic acids is 1. The number of aliphatic carboxylic acids is 1. The lowest BCUT2D eigenvalue weighted by atomic mass is 10.2. The van der Waals surface area contributed by atoms with Crippen molar-refractivity contribution in [3.05, 3.63) is 28.2 Å². The molecule has 0 aromatic heterocycles. The first-order valence-electron chi connectivity index (χ1n) is 6.71. The third-order valence-corrected chi connectivity index (χ3v) is 3.94. The summed E-state index contributed by atoms with van der Waals surface area (Å²) in [5.41, 5.74) is 1.69. The third-order valence-electron chi connectivity index (χ3n) is 3.45. The van der Waals surface area contributed by atoms with Gasteiger partial charge in [0.1, 0.15) is 6.04 Å². The molecule has 0 bridgehead atoms. The van der Waals surface area contributed by atoms with E-state index in [2.05, 4.69) is 26.6 Å². The summed E-state index contributed by atoms with van der Waals surface area (Å²) >= 11 is 3.37. The van der Waals surface area contributed by atoms with E-state index >= 15 is 0 Å². The van der Waals surface area contributed by atoms with Crippen molar-refractivity contribution in [1.29, 1.82) is 0 Å². The average molecular weight is 356 g/mol. The smallest absolute Gasteiger partial charge is 0.322 e. The van der Waals surface area contributed by atoms with Gasteiger partial charge in [0, 0.05) is 29.8 Å². The van der Waals surface area contributed by atoms with E-state index in [4.69, 9.17) is 5.11 Å². The lowest BCUT2D eigenvalue weighted by Crippen LogP contribution is -2.56. The van der Waals surface area contributed by atoms with Crippen LogP contribution in [0.2, 0.25) is 0 Å². The molecule has 6 nitrogen and oxygen atoms in total. The minimum Gasteiger partial charge on any atom is -0.480 e. The largest absolute Gasteiger partial charge is 0.480 e. The zero-order valence-electron chi connectivity index (χ0n) is 11.7. The Balaban J connectivity index is 1.98. The number of carbonyl (C=O) groups is 2. The molecule has 0 aliphatic carbocycles. The second kappa shape index (κ2) is 7.02. The van der Waals surface area contributed by atoms with E-state index in [-0.39, 0.29) is 12.5 Å². The van der Waals surface area contributed by atoms with Gasteiger partial charge in [0.15, 0.2) is 0 Å². The summed E-state index contributed by atoms with van der Waals surface area (Å²) in [6.07, 6.45) is 0. The Hall–Kier alpha value is -1.44. The Morgan fingerprint density at radius 2 is 2.29 bits per heavy atom. The van der Waals surface area contributed by atoms with Crippen molar-refractivity contribution in [2.24, 2.45) is 0 Å². The van der Waals surface area contributed by atoms with Gasteiger partial charge in [-0.05, 0) is 30.7 Å². The Morgan fingerprint density at radius 1 is 1.52 bits per heavy atom. The van der Waals surface area contributed by atoms with Gasteiger partial charge in [-0.2, -0.15) is 0 Å². The maximum Gasteiger partial charge on any atom is 0.322 e. The standard InChI is InChI=1S/C14H18BrN3O3/c1-9-6-10(15)2-3-11(9)17-13(19)8-18-5-4-16-7-12(18)14(20)21/h2-3,6,12,16H,4-5,7-8H2,1H3,(H,17,19)(H,20,21). The van der Waals surface area contributed by atoms with Gasteiger partial charge >= 0.3 is 5.97 Å². The topological polar surface area (TPSA) is 81.7 Å². The van der Waals surface area contributed by atoms with E-state index in [1.807, 2.05) is 25.1 Å². The van der Waals surface area contributed by atoms with Gasteiger partial charge in [-0.25, -0.2) is 0 Å². The van der Waals surface area contributed by atoms with Crippen LogP contribution in [0.3, 0.4) is 0 Å². The first-order valence-corrected chi connectivity index (χ1v) is 7.50. The maximum atomic E-state index is 12.1. The van der Waals surface area contributed by atoms with Crippen molar-refractivity contribution in [3.63, 3.8) is 0 Å². The molecule has 2 rings (SSSR count). The van der Waals surface area contributed by atoms with Crippen LogP contribution in [0.5, 0.6) is 0 Å². The molecule has 7 heteroatoms. The second-order valence-corrected chi connectivity index (χ2v) is 5.95. The molecule has 21 heavy (non-hydrogen) atoms. The first kappa shape index (κ1) is 15.9. The fourth-order valence-electron chi connectivity index (χ4n) is 2.32. The highest BCUT2D eigenvalue weighted by Gasteiger charge is 2.29. The number of hydrogen-bond donors (Lipinski definition) is 3. The van der Waals surface area contributed by atoms with Crippen LogP contribution < -0.4 is 10.6 Å². The van der Waals surface area contributed by atoms with Gasteiger partial charge in [-0.3, -0.25) is 14.5 Å². The van der Waals surface area contributed by atoms with Crippen LogP contribution in [-0.4, -0.2) is 54.1 Å². The van der Waals surface area contributed by atoms with E-state index in [0.717, 1.165) is 15.7 Å². The normalized spacial score (nSPS) is 19.2. The lowest BCUT2D eigenvalue weighted by molar-refractivity contribution is -0.144. The van der Waals surface area contributed by atoms with Gasteiger partial charge in [0.2, 0.25) is 5.91 Å². The highest BCUT2D eigenvalue weighted by molar-refractivity contribution is 9.10. The number of piperazine rings is 1. The molecule has 1 saturated heterocycles. The van der Waals surface area contributed by atoms with Crippen molar-refractivity contribution in [3.8, 4) is 0 Å². The quantitative estimate of drug-likeness (QED) is 0.752. The predicted octanol–water partition coefficient (Wildman–Crippen LogP) is 1.05. The molecule has 114 valence electrons. The predicted molar refractivity (Wildman–Crippen MR) is 83.4 cm³/mol. The lowest BCUT2D eigenvalue weighted by Gasteiger charge is -2.32. The number of halogens is 1. The SMILES string of the molecule is Cc1cc(Br)ccc1NC(=O)CN1CCNCC1C(=O)O. The summed E-state index contributed by atoms with van der Waals surface area (Å²) in [5.74, 6) is -1.11. The first-order chi connectivity index (χ1) is 9.97. The van der Waals surface area contributed by atoms with Gasteiger partial charge in [0.25, 0.3) is 0 Å². The number of amides is 1. The summed E-state index contributed by atoms with van der Waals surface area (Å²) in [4.78, 5) is 25.0. The molecule has 1 atom stereocenters. The van der Waals surface area contributed by atoms with Crippen LogP contribution in [-0.2, 0) is 9.59 Å². The Kier molecular flexibility index (Phi) is 5.33. The van der Waals surface area contributed by atoms with Crippen molar-refractivity contribution in [2.75, 3.05) is 31.5 Å². The van der Waals surface area contributed by atoms with E-state index in [1.54, 1.807) is 4.90 Å². The minimum absolute atomic E-state index is 0.0775. The van der Waals surface area contributed by atoms with Crippen LogP contribution in [0.1, 0.15) is 5.56 Å². The highest BCUT2D eigenvalue weighted by atomic mass is 79.9. The number of carboxylic acid groups (broad SMARTS) is 1. The number of benzene rings is 1. The molecule has 1 fully saturated rings. The molecule has 1 aliphatic heterocycles. The Labute approximate surface area is 131 Å². The van der Waals surface area contributed by atoms with E-state index in [0.29, 0.717) is 19.6 Å². The highest BCUT2D eigenvalue weighted by Crippen LogP contribution is 2.20. The monoisotopic (exact) mass is 355 g/mol. The van der Waals surface area contributed by atoms with Crippen molar-refractivity contribution < 1.29 is 14.7 Å². The summed E-state index contributed by atoms with van der Waals surface area (Å²) in [6.45, 7) is 3.58. The molecule has 1 amide bonds. The average Bonchev–Trinajstić information content (AvgIpc) is 2.42. The number of nitrogens with zero attached hydrogens (tertiary/aromatic N) is 1. The van der Waals surface area contributed by atoms with E-state index in [1.165, 1.54) is 0 Å². The van der Waals surface area contributed by atoms with Crippen molar-refractivity contribution in [2.45, 2.75) is 13.0 Å². The second-order valence-electron chi connectivity index (χ2n) is 5.04. The summed E-state index contributed by atoms with van der Waals surface area (Å²) in [7, 11) is 0. The number of aryl methyl sites for hydroxylation is 1. The summed E-state index contributed by atoms with van der Waals surface area (Å²) in [6, 6.07) is 4.94. The summed E-state index contributed by atoms with van der Waals surface area (Å²) < 4.78 is 0.950. The van der Waals surface area contributed by atoms with Gasteiger partial charge in [-0.1, -0.05) is 15.9 Å². The van der Waals surface area contributed by atoms with Gasteiger partial charge in [0.05, 0.1) is 6.54 Å². The van der Waals surface area contributed by atoms with Crippen molar-refractivity contribution >= 4 is 33.5 Å². The van der Waals surface area contributed by atoms with Crippen LogP contribution in [0.25, 0.3) is 0 Å². The van der Waals surface area contributed by atoms with Gasteiger partial charge in [-0.15, -0.1) is 0 Å². The Bertz CT molecular complexity index is 550. The third kappa shape index (κ3) is 4.26. The number of nitrogens with one attached hydrogen (secondary N) is 2. The maximum absolute atomic E-state index is 12.1. The fraction of sp³-hybridized carbons (Fsp3) is 0.429. The van der Waals surface area contributed by atoms with Crippen LogP contribution in [0, 0.1) is 6.92 Å². The number of carbonyl (C=O) groups excluding carboxylic acids is 1. The molecule has 1 aromatic carbocycles. The Morgan fingerprint density at radius 3 is 2.95 bits per heavy atom. The minimum atomic E-state index is -0.908. The van der Waals surface area contributed by atoms with Crippen LogP contribution >= 0.6 is 15.9 Å². The summed E-state index contributed by atoms with van der Waals surface area (Å²) in [5, 5.41) is 15.0. The molecule has 1 aromatic rings. The molecule has 1 heterocycles. The molecular weight excluding hydrogens is 338 g/mol. The molecule has 0 saturated carbocycles.